The Kier molecular flexibility index (Phi) is 5.00. The van der Waals surface area contributed by atoms with Gasteiger partial charge in [-0.3, -0.25) is 9.59 Å². The number of nitrogens with one attached hydrogen (secondary N) is 1. The second-order valence-electron chi connectivity index (χ2n) is 4.86. The van der Waals surface area contributed by atoms with Gasteiger partial charge in [-0.15, -0.1) is 0 Å². The summed E-state index contributed by atoms with van der Waals surface area (Å²) in [7, 11) is 0. The van der Waals surface area contributed by atoms with Gasteiger partial charge in [0.15, 0.2) is 11.6 Å². The highest BCUT2D eigenvalue weighted by atomic mass is 19.2. The van der Waals surface area contributed by atoms with Gasteiger partial charge in [-0.2, -0.15) is 0 Å². The van der Waals surface area contributed by atoms with Crippen LogP contribution in [0.1, 0.15) is 15.9 Å². The van der Waals surface area contributed by atoms with Gasteiger partial charge in [0.05, 0.1) is 5.56 Å². The van der Waals surface area contributed by atoms with Crippen molar-refractivity contribution >= 4 is 11.8 Å². The Balaban J connectivity index is 2.16. The van der Waals surface area contributed by atoms with Crippen LogP contribution in [-0.2, 0) is 11.2 Å². The van der Waals surface area contributed by atoms with E-state index in [1.807, 2.05) is 0 Å². The van der Waals surface area contributed by atoms with Crippen LogP contribution < -0.4 is 11.1 Å². The highest BCUT2D eigenvalue weighted by Crippen LogP contribution is 2.12. The number of hydrogen-bond acceptors (Lipinski definition) is 2. The van der Waals surface area contributed by atoms with Gasteiger partial charge >= 0.3 is 0 Å². The van der Waals surface area contributed by atoms with Crippen molar-refractivity contribution in [1.29, 1.82) is 0 Å². The topological polar surface area (TPSA) is 72.2 Å². The number of nitrogens with two attached hydrogens (primary N) is 1. The van der Waals surface area contributed by atoms with Gasteiger partial charge in [0, 0.05) is 6.42 Å². The Bertz CT molecular complexity index is 733. The maximum absolute atomic E-state index is 13.6. The number of carbonyl (C=O) groups is 2. The van der Waals surface area contributed by atoms with Crippen molar-refractivity contribution in [3.05, 3.63) is 71.0 Å². The van der Waals surface area contributed by atoms with Gasteiger partial charge in [0.1, 0.15) is 11.9 Å². The lowest BCUT2D eigenvalue weighted by Crippen LogP contribution is -2.46. The standard InChI is InChI=1S/C16H13F3N2O2/c17-10-6-4-9(5-7-10)8-13(15(20)22)21-16(23)11-2-1-3-12(18)14(11)19/h1-7,13H,8H2,(H2,20,22)(H,21,23)/t13-/m1/s1. The quantitative estimate of drug-likeness (QED) is 0.883. The van der Waals surface area contributed by atoms with E-state index < -0.39 is 40.9 Å². The first-order valence-corrected chi connectivity index (χ1v) is 6.67. The molecule has 7 heteroatoms. The molecule has 3 N–H and O–H groups in total. The van der Waals surface area contributed by atoms with Crippen molar-refractivity contribution in [1.82, 2.24) is 5.32 Å². The first-order chi connectivity index (χ1) is 10.9. The Hall–Kier alpha value is -2.83. The average molecular weight is 322 g/mol. The molecule has 2 amide bonds. The molecule has 0 heterocycles. The number of halogens is 3. The van der Waals surface area contributed by atoms with Crippen LogP contribution in [0.25, 0.3) is 0 Å². The van der Waals surface area contributed by atoms with Crippen LogP contribution >= 0.6 is 0 Å². The minimum Gasteiger partial charge on any atom is -0.368 e. The van der Waals surface area contributed by atoms with E-state index in [4.69, 9.17) is 5.73 Å². The summed E-state index contributed by atoms with van der Waals surface area (Å²) in [6.45, 7) is 0. The molecule has 23 heavy (non-hydrogen) atoms. The van der Waals surface area contributed by atoms with Gasteiger partial charge in [-0.05, 0) is 29.8 Å². The summed E-state index contributed by atoms with van der Waals surface area (Å²) >= 11 is 0. The van der Waals surface area contributed by atoms with Crippen LogP contribution in [0, 0.1) is 17.5 Å². The minimum absolute atomic E-state index is 0.00170. The largest absolute Gasteiger partial charge is 0.368 e. The van der Waals surface area contributed by atoms with Crippen LogP contribution in [0.3, 0.4) is 0 Å². The number of rotatable bonds is 5. The van der Waals surface area contributed by atoms with E-state index in [0.29, 0.717) is 5.56 Å². The molecule has 0 bridgehead atoms. The Morgan fingerprint density at radius 3 is 2.30 bits per heavy atom. The molecule has 0 saturated heterocycles. The van der Waals surface area contributed by atoms with Crippen LogP contribution in [0.5, 0.6) is 0 Å². The lowest BCUT2D eigenvalue weighted by Gasteiger charge is -2.16. The molecule has 0 radical (unpaired) electrons. The van der Waals surface area contributed by atoms with Crippen molar-refractivity contribution in [3.8, 4) is 0 Å². The van der Waals surface area contributed by atoms with Gasteiger partial charge in [-0.1, -0.05) is 18.2 Å². The zero-order valence-corrected chi connectivity index (χ0v) is 11.9. The fourth-order valence-corrected chi connectivity index (χ4v) is 1.99. The van der Waals surface area contributed by atoms with Gasteiger partial charge < -0.3 is 11.1 Å². The Morgan fingerprint density at radius 1 is 1.04 bits per heavy atom. The molecule has 0 fully saturated rings. The van der Waals surface area contributed by atoms with Gasteiger partial charge in [0.25, 0.3) is 5.91 Å². The molecule has 0 saturated carbocycles. The monoisotopic (exact) mass is 322 g/mol. The maximum atomic E-state index is 13.6. The third kappa shape index (κ3) is 4.09. The first kappa shape index (κ1) is 16.5. The van der Waals surface area contributed by atoms with Crippen LogP contribution in [0.2, 0.25) is 0 Å². The number of benzene rings is 2. The van der Waals surface area contributed by atoms with E-state index >= 15 is 0 Å². The van der Waals surface area contributed by atoms with Crippen LogP contribution in [-0.4, -0.2) is 17.9 Å². The van der Waals surface area contributed by atoms with Crippen LogP contribution in [0.15, 0.2) is 42.5 Å². The molecular weight excluding hydrogens is 309 g/mol. The third-order valence-electron chi connectivity index (χ3n) is 3.20. The fraction of sp³-hybridized carbons (Fsp3) is 0.125. The van der Waals surface area contributed by atoms with E-state index in [0.717, 1.165) is 12.1 Å². The van der Waals surface area contributed by atoms with E-state index in [1.165, 1.54) is 30.3 Å². The molecule has 2 aromatic rings. The van der Waals surface area contributed by atoms with Crippen molar-refractivity contribution in [2.24, 2.45) is 5.73 Å². The summed E-state index contributed by atoms with van der Waals surface area (Å²) in [5.74, 6) is -4.75. The second-order valence-corrected chi connectivity index (χ2v) is 4.86. The van der Waals surface area contributed by atoms with Gasteiger partial charge in [0.2, 0.25) is 5.91 Å². The Morgan fingerprint density at radius 2 is 1.70 bits per heavy atom. The lowest BCUT2D eigenvalue weighted by atomic mass is 10.0. The number of hydrogen-bond donors (Lipinski definition) is 2. The third-order valence-corrected chi connectivity index (χ3v) is 3.20. The highest BCUT2D eigenvalue weighted by molar-refractivity contribution is 5.97. The second kappa shape index (κ2) is 6.95. The number of amides is 2. The summed E-state index contributed by atoms with van der Waals surface area (Å²) in [4.78, 5) is 23.4. The summed E-state index contributed by atoms with van der Waals surface area (Å²) in [6.07, 6.45) is -0.00170. The average Bonchev–Trinajstić information content (AvgIpc) is 2.51. The molecule has 0 aliphatic heterocycles. The van der Waals surface area contributed by atoms with Crippen molar-refractivity contribution in [2.45, 2.75) is 12.5 Å². The smallest absolute Gasteiger partial charge is 0.255 e. The highest BCUT2D eigenvalue weighted by Gasteiger charge is 2.22. The van der Waals surface area contributed by atoms with Crippen molar-refractivity contribution in [2.75, 3.05) is 0 Å². The van der Waals surface area contributed by atoms with E-state index in [2.05, 4.69) is 5.32 Å². The summed E-state index contributed by atoms with van der Waals surface area (Å²) in [5.41, 5.74) is 5.23. The lowest BCUT2D eigenvalue weighted by molar-refractivity contribution is -0.119. The molecule has 2 rings (SSSR count). The molecule has 120 valence electrons. The van der Waals surface area contributed by atoms with Crippen LogP contribution in [0.4, 0.5) is 13.2 Å². The Labute approximate surface area is 130 Å². The molecular formula is C16H13F3N2O2. The molecule has 1 atom stereocenters. The normalized spacial score (nSPS) is 11.8. The summed E-state index contributed by atoms with van der Waals surface area (Å²) in [6, 6.07) is 7.24. The van der Waals surface area contributed by atoms with Crippen molar-refractivity contribution in [3.63, 3.8) is 0 Å². The molecule has 0 aliphatic carbocycles. The number of carbonyl (C=O) groups excluding carboxylic acids is 2. The predicted octanol–water partition coefficient (Wildman–Crippen LogP) is 1.93. The molecule has 4 nitrogen and oxygen atoms in total. The SMILES string of the molecule is NC(=O)[C@@H](Cc1ccc(F)cc1)NC(=O)c1cccc(F)c1F. The molecule has 0 spiro atoms. The molecule has 0 aliphatic rings. The predicted molar refractivity (Wildman–Crippen MR) is 76.9 cm³/mol. The maximum Gasteiger partial charge on any atom is 0.255 e. The van der Waals surface area contributed by atoms with Gasteiger partial charge in [-0.25, -0.2) is 13.2 Å². The summed E-state index contributed by atoms with van der Waals surface area (Å²) < 4.78 is 39.6. The zero-order chi connectivity index (χ0) is 17.0. The molecule has 0 aromatic heterocycles. The minimum atomic E-state index is -1.31. The fourth-order valence-electron chi connectivity index (χ4n) is 1.99. The molecule has 2 aromatic carbocycles. The van der Waals surface area contributed by atoms with E-state index in [-0.39, 0.29) is 6.42 Å². The van der Waals surface area contributed by atoms with E-state index in [9.17, 15) is 22.8 Å². The molecule has 0 unspecified atom stereocenters. The zero-order valence-electron chi connectivity index (χ0n) is 11.9. The summed E-state index contributed by atoms with van der Waals surface area (Å²) in [5, 5.41) is 2.25. The van der Waals surface area contributed by atoms with E-state index in [1.54, 1.807) is 0 Å². The van der Waals surface area contributed by atoms with Crippen molar-refractivity contribution < 1.29 is 22.8 Å². The first-order valence-electron chi connectivity index (χ1n) is 6.67. The number of primary amides is 1.